The number of hydrogen-bond acceptors (Lipinski definition) is 4. The van der Waals surface area contributed by atoms with Crippen LogP contribution in [0.15, 0.2) is 30.3 Å². The van der Waals surface area contributed by atoms with Crippen molar-refractivity contribution in [2.45, 2.75) is 32.8 Å². The van der Waals surface area contributed by atoms with Crippen molar-refractivity contribution in [2.24, 2.45) is 0 Å². The molecule has 0 saturated heterocycles. The van der Waals surface area contributed by atoms with Crippen LogP contribution in [0.1, 0.15) is 32.2 Å². The molecule has 1 aromatic carbocycles. The van der Waals surface area contributed by atoms with Gasteiger partial charge in [0.2, 0.25) is 5.88 Å². The van der Waals surface area contributed by atoms with Crippen LogP contribution < -0.4 is 9.47 Å². The highest BCUT2D eigenvalue weighted by Crippen LogP contribution is 2.24. The Kier molecular flexibility index (Phi) is 4.68. The number of aromatic nitrogens is 2. The van der Waals surface area contributed by atoms with E-state index in [1.54, 1.807) is 13.2 Å². The zero-order chi connectivity index (χ0) is 15.5. The molecule has 0 aliphatic heterocycles. The first kappa shape index (κ1) is 15.6. The second kappa shape index (κ2) is 6.31. The van der Waals surface area contributed by atoms with Gasteiger partial charge in [-0.25, -0.2) is 4.98 Å². The lowest BCUT2D eigenvalue weighted by atomic mass is 9.96. The molecular weight excluding hydrogens is 288 g/mol. The highest BCUT2D eigenvalue weighted by molar-refractivity contribution is 6.29. The van der Waals surface area contributed by atoms with Gasteiger partial charge in [-0.3, -0.25) is 0 Å². The summed E-state index contributed by atoms with van der Waals surface area (Å²) in [4.78, 5) is 8.66. The molecule has 0 unspecified atom stereocenters. The minimum Gasteiger partial charge on any atom is -0.497 e. The van der Waals surface area contributed by atoms with Crippen molar-refractivity contribution >= 4 is 11.6 Å². The van der Waals surface area contributed by atoms with E-state index in [4.69, 9.17) is 21.1 Å². The van der Waals surface area contributed by atoms with E-state index < -0.39 is 0 Å². The molecule has 4 nitrogen and oxygen atoms in total. The number of nitrogens with zero attached hydrogens (tertiary/aromatic N) is 2. The largest absolute Gasteiger partial charge is 0.497 e. The van der Waals surface area contributed by atoms with E-state index in [1.807, 2.05) is 45.0 Å². The first-order valence-corrected chi connectivity index (χ1v) is 7.07. The van der Waals surface area contributed by atoms with E-state index >= 15 is 0 Å². The molecule has 0 amide bonds. The average molecular weight is 307 g/mol. The maximum atomic E-state index is 6.03. The van der Waals surface area contributed by atoms with Crippen LogP contribution in [0.25, 0.3) is 0 Å². The second-order valence-electron chi connectivity index (χ2n) is 5.74. The number of benzene rings is 1. The molecule has 2 aromatic rings. The van der Waals surface area contributed by atoms with Gasteiger partial charge in [0.25, 0.3) is 0 Å². The van der Waals surface area contributed by atoms with Gasteiger partial charge < -0.3 is 9.47 Å². The molecular formula is C16H19ClN2O2. The summed E-state index contributed by atoms with van der Waals surface area (Å²) in [5.41, 5.74) is 0.820. The van der Waals surface area contributed by atoms with Gasteiger partial charge in [0.05, 0.1) is 7.11 Å². The third-order valence-electron chi connectivity index (χ3n) is 2.86. The zero-order valence-corrected chi connectivity index (χ0v) is 13.4. The standard InChI is InChI=1S/C16H19ClN2O2/c1-16(2,3)15-18-13(17)9-14(19-15)21-10-11-6-5-7-12(8-11)20-4/h5-9H,10H2,1-4H3. The van der Waals surface area contributed by atoms with Gasteiger partial charge in [-0.05, 0) is 17.7 Å². The van der Waals surface area contributed by atoms with Gasteiger partial charge >= 0.3 is 0 Å². The van der Waals surface area contributed by atoms with E-state index in [2.05, 4.69) is 9.97 Å². The van der Waals surface area contributed by atoms with Crippen LogP contribution in [-0.2, 0) is 12.0 Å². The van der Waals surface area contributed by atoms with E-state index in [1.165, 1.54) is 0 Å². The third-order valence-corrected chi connectivity index (χ3v) is 3.06. The summed E-state index contributed by atoms with van der Waals surface area (Å²) >= 11 is 6.03. The van der Waals surface area contributed by atoms with E-state index in [-0.39, 0.29) is 5.41 Å². The van der Waals surface area contributed by atoms with Crippen LogP contribution >= 0.6 is 11.6 Å². The summed E-state index contributed by atoms with van der Waals surface area (Å²) in [6, 6.07) is 9.33. The van der Waals surface area contributed by atoms with Crippen molar-refractivity contribution in [3.05, 3.63) is 46.9 Å². The van der Waals surface area contributed by atoms with Gasteiger partial charge in [-0.1, -0.05) is 44.5 Å². The number of methoxy groups -OCH3 is 1. The fourth-order valence-corrected chi connectivity index (χ4v) is 1.90. The molecule has 112 valence electrons. The minimum atomic E-state index is -0.182. The molecule has 1 aromatic heterocycles. The fraction of sp³-hybridized carbons (Fsp3) is 0.375. The molecule has 0 spiro atoms. The van der Waals surface area contributed by atoms with Crippen molar-refractivity contribution in [2.75, 3.05) is 7.11 Å². The fourth-order valence-electron chi connectivity index (χ4n) is 1.73. The molecule has 0 aliphatic rings. The summed E-state index contributed by atoms with van der Waals surface area (Å²) < 4.78 is 10.9. The van der Waals surface area contributed by atoms with Crippen LogP contribution in [0.2, 0.25) is 5.15 Å². The molecule has 5 heteroatoms. The zero-order valence-electron chi connectivity index (χ0n) is 12.7. The maximum Gasteiger partial charge on any atom is 0.218 e. The van der Waals surface area contributed by atoms with Gasteiger partial charge in [-0.15, -0.1) is 0 Å². The normalized spacial score (nSPS) is 11.3. The Bertz CT molecular complexity index is 624. The molecule has 0 N–H and O–H groups in total. The Balaban J connectivity index is 2.14. The first-order chi connectivity index (χ1) is 9.88. The van der Waals surface area contributed by atoms with Crippen molar-refractivity contribution in [3.63, 3.8) is 0 Å². The summed E-state index contributed by atoms with van der Waals surface area (Å²) in [6.07, 6.45) is 0. The van der Waals surface area contributed by atoms with E-state index in [0.29, 0.717) is 23.5 Å². The Labute approximate surface area is 130 Å². The minimum absolute atomic E-state index is 0.182. The SMILES string of the molecule is COc1cccc(COc2cc(Cl)nc(C(C)(C)C)n2)c1. The summed E-state index contributed by atoms with van der Waals surface area (Å²) in [5.74, 6) is 1.94. The quantitative estimate of drug-likeness (QED) is 0.800. The molecule has 0 aliphatic carbocycles. The predicted octanol–water partition coefficient (Wildman–Crippen LogP) is 4.02. The van der Waals surface area contributed by atoms with Gasteiger partial charge in [-0.2, -0.15) is 4.98 Å². The number of ether oxygens (including phenoxy) is 2. The smallest absolute Gasteiger partial charge is 0.218 e. The lowest BCUT2D eigenvalue weighted by Crippen LogP contribution is -2.16. The maximum absolute atomic E-state index is 6.03. The Hall–Kier alpha value is -1.81. The molecule has 0 radical (unpaired) electrons. The highest BCUT2D eigenvalue weighted by atomic mass is 35.5. The molecule has 21 heavy (non-hydrogen) atoms. The Morgan fingerprint density at radius 2 is 1.90 bits per heavy atom. The molecule has 2 rings (SSSR count). The van der Waals surface area contributed by atoms with Gasteiger partial charge in [0.1, 0.15) is 23.3 Å². The second-order valence-corrected chi connectivity index (χ2v) is 6.13. The van der Waals surface area contributed by atoms with Crippen LogP contribution in [0.5, 0.6) is 11.6 Å². The van der Waals surface area contributed by atoms with Gasteiger partial charge in [0.15, 0.2) is 0 Å². The van der Waals surface area contributed by atoms with Crippen molar-refractivity contribution in [1.29, 1.82) is 0 Å². The molecule has 1 heterocycles. The van der Waals surface area contributed by atoms with Crippen LogP contribution in [0.4, 0.5) is 0 Å². The third kappa shape index (κ3) is 4.33. The average Bonchev–Trinajstić information content (AvgIpc) is 2.44. The van der Waals surface area contributed by atoms with Crippen molar-refractivity contribution in [3.8, 4) is 11.6 Å². The first-order valence-electron chi connectivity index (χ1n) is 6.69. The monoisotopic (exact) mass is 306 g/mol. The van der Waals surface area contributed by atoms with E-state index in [9.17, 15) is 0 Å². The summed E-state index contributed by atoms with van der Waals surface area (Å²) in [5, 5.41) is 0.385. The topological polar surface area (TPSA) is 44.2 Å². The van der Waals surface area contributed by atoms with Crippen LogP contribution in [0.3, 0.4) is 0 Å². The number of hydrogen-bond donors (Lipinski definition) is 0. The van der Waals surface area contributed by atoms with Crippen LogP contribution in [-0.4, -0.2) is 17.1 Å². The molecule has 0 atom stereocenters. The lowest BCUT2D eigenvalue weighted by molar-refractivity contribution is 0.289. The lowest BCUT2D eigenvalue weighted by Gasteiger charge is -2.17. The summed E-state index contributed by atoms with van der Waals surface area (Å²) in [7, 11) is 1.64. The Morgan fingerprint density at radius 1 is 1.14 bits per heavy atom. The Morgan fingerprint density at radius 3 is 2.57 bits per heavy atom. The van der Waals surface area contributed by atoms with Crippen molar-refractivity contribution < 1.29 is 9.47 Å². The predicted molar refractivity (Wildman–Crippen MR) is 83.1 cm³/mol. The molecule has 0 bridgehead atoms. The summed E-state index contributed by atoms with van der Waals surface area (Å²) in [6.45, 7) is 6.49. The van der Waals surface area contributed by atoms with E-state index in [0.717, 1.165) is 11.3 Å². The van der Waals surface area contributed by atoms with Crippen LogP contribution in [0, 0.1) is 0 Å². The van der Waals surface area contributed by atoms with Crippen molar-refractivity contribution in [1.82, 2.24) is 9.97 Å². The number of rotatable bonds is 4. The number of halogens is 1. The highest BCUT2D eigenvalue weighted by Gasteiger charge is 2.19. The molecule has 0 fully saturated rings. The molecule has 0 saturated carbocycles. The van der Waals surface area contributed by atoms with Gasteiger partial charge in [0, 0.05) is 11.5 Å².